The normalized spacial score (nSPS) is 12.2. The minimum atomic E-state index is -0.702. The van der Waals surface area contributed by atoms with Gasteiger partial charge in [0.05, 0.1) is 12.1 Å². The van der Waals surface area contributed by atoms with E-state index in [1.807, 2.05) is 19.9 Å². The van der Waals surface area contributed by atoms with E-state index < -0.39 is 12.1 Å². The standard InChI is InChI=1S/C15H16ClNO3/c1-8-7-9(2)17-14-12(6-5-11(16)13(8)14)20-10(3)15(18)19-4/h5-7,10H,1-4H3. The van der Waals surface area contributed by atoms with Crippen molar-refractivity contribution in [1.82, 2.24) is 4.98 Å². The highest BCUT2D eigenvalue weighted by Gasteiger charge is 2.18. The van der Waals surface area contributed by atoms with Crippen LogP contribution in [0.5, 0.6) is 5.75 Å². The van der Waals surface area contributed by atoms with Crippen molar-refractivity contribution in [3.8, 4) is 5.75 Å². The van der Waals surface area contributed by atoms with Crippen molar-refractivity contribution in [3.63, 3.8) is 0 Å². The van der Waals surface area contributed by atoms with E-state index in [0.717, 1.165) is 16.6 Å². The van der Waals surface area contributed by atoms with Gasteiger partial charge >= 0.3 is 5.97 Å². The van der Waals surface area contributed by atoms with E-state index in [2.05, 4.69) is 9.72 Å². The molecule has 1 atom stereocenters. The largest absolute Gasteiger partial charge is 0.477 e. The number of carbonyl (C=O) groups excluding carboxylic acids is 1. The minimum absolute atomic E-state index is 0.433. The fourth-order valence-electron chi connectivity index (χ4n) is 2.13. The molecule has 0 radical (unpaired) electrons. The summed E-state index contributed by atoms with van der Waals surface area (Å²) in [6, 6.07) is 5.42. The van der Waals surface area contributed by atoms with E-state index in [1.54, 1.807) is 19.1 Å². The number of rotatable bonds is 3. The fourth-order valence-corrected chi connectivity index (χ4v) is 2.43. The molecule has 20 heavy (non-hydrogen) atoms. The molecule has 0 N–H and O–H groups in total. The lowest BCUT2D eigenvalue weighted by Gasteiger charge is -2.15. The third kappa shape index (κ3) is 2.70. The quantitative estimate of drug-likeness (QED) is 0.813. The Bertz CT molecular complexity index is 670. The highest BCUT2D eigenvalue weighted by atomic mass is 35.5. The molecule has 0 fully saturated rings. The van der Waals surface area contributed by atoms with Crippen molar-refractivity contribution >= 4 is 28.5 Å². The zero-order valence-electron chi connectivity index (χ0n) is 11.9. The summed E-state index contributed by atoms with van der Waals surface area (Å²) in [6.07, 6.45) is -0.702. The maximum Gasteiger partial charge on any atom is 0.346 e. The molecule has 1 aromatic heterocycles. The number of fused-ring (bicyclic) bond motifs is 1. The molecule has 106 valence electrons. The molecule has 2 rings (SSSR count). The number of pyridine rings is 1. The molecule has 0 amide bonds. The number of hydrogen-bond acceptors (Lipinski definition) is 4. The third-order valence-electron chi connectivity index (χ3n) is 3.03. The summed E-state index contributed by atoms with van der Waals surface area (Å²) in [5.74, 6) is 0.0894. The van der Waals surface area contributed by atoms with E-state index in [4.69, 9.17) is 16.3 Å². The van der Waals surface area contributed by atoms with Crippen molar-refractivity contribution in [3.05, 3.63) is 34.5 Å². The molecule has 4 nitrogen and oxygen atoms in total. The molecule has 0 spiro atoms. The van der Waals surface area contributed by atoms with Gasteiger partial charge in [-0.2, -0.15) is 0 Å². The second-order valence-corrected chi connectivity index (χ2v) is 5.04. The Balaban J connectivity index is 2.55. The molecule has 0 aliphatic carbocycles. The molecule has 0 bridgehead atoms. The maximum absolute atomic E-state index is 11.5. The first kappa shape index (κ1) is 14.6. The molecular formula is C15H16ClNO3. The molecule has 0 saturated heterocycles. The number of hydrogen-bond donors (Lipinski definition) is 0. The van der Waals surface area contributed by atoms with E-state index in [9.17, 15) is 4.79 Å². The van der Waals surface area contributed by atoms with Gasteiger partial charge < -0.3 is 9.47 Å². The SMILES string of the molecule is COC(=O)C(C)Oc1ccc(Cl)c2c(C)cc(C)nc12. The van der Waals surface area contributed by atoms with Crippen molar-refractivity contribution in [2.75, 3.05) is 7.11 Å². The molecule has 0 aliphatic heterocycles. The zero-order valence-corrected chi connectivity index (χ0v) is 12.6. The number of methoxy groups -OCH3 is 1. The van der Waals surface area contributed by atoms with Crippen LogP contribution in [-0.4, -0.2) is 24.2 Å². The Labute approximate surface area is 122 Å². The minimum Gasteiger partial charge on any atom is -0.477 e. The summed E-state index contributed by atoms with van der Waals surface area (Å²) in [5.41, 5.74) is 2.55. The number of carbonyl (C=O) groups is 1. The molecule has 1 unspecified atom stereocenters. The Morgan fingerprint density at radius 2 is 2.05 bits per heavy atom. The van der Waals surface area contributed by atoms with E-state index in [-0.39, 0.29) is 0 Å². The van der Waals surface area contributed by atoms with Crippen LogP contribution in [0, 0.1) is 13.8 Å². The van der Waals surface area contributed by atoms with Crippen LogP contribution >= 0.6 is 11.6 Å². The van der Waals surface area contributed by atoms with Crippen molar-refractivity contribution in [2.24, 2.45) is 0 Å². The number of esters is 1. The molecule has 0 aliphatic rings. The van der Waals surface area contributed by atoms with Crippen LogP contribution in [-0.2, 0) is 9.53 Å². The van der Waals surface area contributed by atoms with E-state index in [0.29, 0.717) is 16.3 Å². The number of ether oxygens (including phenoxy) is 2. The van der Waals surface area contributed by atoms with Gasteiger partial charge in [-0.05, 0) is 44.5 Å². The molecule has 2 aromatic rings. The first-order valence-corrected chi connectivity index (χ1v) is 6.62. The van der Waals surface area contributed by atoms with Crippen LogP contribution in [0.1, 0.15) is 18.2 Å². The van der Waals surface area contributed by atoms with Gasteiger partial charge in [-0.1, -0.05) is 11.6 Å². The van der Waals surface area contributed by atoms with Crippen LogP contribution in [0.2, 0.25) is 5.02 Å². The van der Waals surface area contributed by atoms with E-state index >= 15 is 0 Å². The van der Waals surface area contributed by atoms with Crippen LogP contribution < -0.4 is 4.74 Å². The van der Waals surface area contributed by atoms with Crippen molar-refractivity contribution in [2.45, 2.75) is 26.9 Å². The highest BCUT2D eigenvalue weighted by molar-refractivity contribution is 6.35. The highest BCUT2D eigenvalue weighted by Crippen LogP contribution is 2.33. The second-order valence-electron chi connectivity index (χ2n) is 4.63. The summed E-state index contributed by atoms with van der Waals surface area (Å²) in [5, 5.41) is 1.45. The molecule has 1 heterocycles. The lowest BCUT2D eigenvalue weighted by atomic mass is 10.1. The summed E-state index contributed by atoms with van der Waals surface area (Å²) in [6.45, 7) is 5.51. The third-order valence-corrected chi connectivity index (χ3v) is 3.35. The topological polar surface area (TPSA) is 48.4 Å². The molecule has 1 aromatic carbocycles. The van der Waals surface area contributed by atoms with Gasteiger partial charge in [0, 0.05) is 11.1 Å². The lowest BCUT2D eigenvalue weighted by Crippen LogP contribution is -2.25. The summed E-state index contributed by atoms with van der Waals surface area (Å²) in [4.78, 5) is 15.9. The van der Waals surface area contributed by atoms with Crippen LogP contribution in [0.15, 0.2) is 18.2 Å². The Morgan fingerprint density at radius 1 is 1.35 bits per heavy atom. The molecule has 0 saturated carbocycles. The van der Waals surface area contributed by atoms with Gasteiger partial charge in [-0.15, -0.1) is 0 Å². The van der Waals surface area contributed by atoms with Crippen LogP contribution in [0.25, 0.3) is 10.9 Å². The Kier molecular flexibility index (Phi) is 4.14. The van der Waals surface area contributed by atoms with Crippen molar-refractivity contribution < 1.29 is 14.3 Å². The first-order valence-electron chi connectivity index (χ1n) is 6.25. The van der Waals surface area contributed by atoms with Gasteiger partial charge in [-0.25, -0.2) is 9.78 Å². The van der Waals surface area contributed by atoms with E-state index in [1.165, 1.54) is 7.11 Å². The molecular weight excluding hydrogens is 278 g/mol. The summed E-state index contributed by atoms with van der Waals surface area (Å²) in [7, 11) is 1.33. The lowest BCUT2D eigenvalue weighted by molar-refractivity contribution is -0.147. The second kappa shape index (κ2) is 5.67. The smallest absolute Gasteiger partial charge is 0.346 e. The number of halogens is 1. The number of nitrogens with zero attached hydrogens (tertiary/aromatic N) is 1. The molecule has 5 heteroatoms. The van der Waals surface area contributed by atoms with Gasteiger partial charge in [0.15, 0.2) is 6.10 Å². The zero-order chi connectivity index (χ0) is 14.9. The Hall–Kier alpha value is -1.81. The van der Waals surface area contributed by atoms with Crippen LogP contribution in [0.4, 0.5) is 0 Å². The number of aryl methyl sites for hydroxylation is 2. The van der Waals surface area contributed by atoms with Crippen LogP contribution in [0.3, 0.4) is 0 Å². The monoisotopic (exact) mass is 293 g/mol. The van der Waals surface area contributed by atoms with Gasteiger partial charge in [0.25, 0.3) is 0 Å². The summed E-state index contributed by atoms with van der Waals surface area (Å²) < 4.78 is 10.3. The average molecular weight is 294 g/mol. The first-order chi connectivity index (χ1) is 9.43. The van der Waals surface area contributed by atoms with Gasteiger partial charge in [0.1, 0.15) is 11.3 Å². The maximum atomic E-state index is 11.5. The number of benzene rings is 1. The fraction of sp³-hybridized carbons (Fsp3) is 0.333. The number of aromatic nitrogens is 1. The van der Waals surface area contributed by atoms with Gasteiger partial charge in [-0.3, -0.25) is 0 Å². The predicted molar refractivity (Wildman–Crippen MR) is 78.3 cm³/mol. The Morgan fingerprint density at radius 3 is 2.70 bits per heavy atom. The average Bonchev–Trinajstić information content (AvgIpc) is 2.40. The van der Waals surface area contributed by atoms with Gasteiger partial charge in [0.2, 0.25) is 0 Å². The predicted octanol–water partition coefficient (Wildman–Crippen LogP) is 3.45. The van der Waals surface area contributed by atoms with Crippen molar-refractivity contribution in [1.29, 1.82) is 0 Å². The summed E-state index contributed by atoms with van der Waals surface area (Å²) >= 11 is 6.23.